The number of benzene rings is 2. The maximum absolute atomic E-state index is 6.22. The van der Waals surface area contributed by atoms with Crippen molar-refractivity contribution in [3.05, 3.63) is 58.9 Å². The predicted molar refractivity (Wildman–Crippen MR) is 96.9 cm³/mol. The molecule has 0 N–H and O–H groups in total. The fourth-order valence-electron chi connectivity index (χ4n) is 3.43. The lowest BCUT2D eigenvalue weighted by molar-refractivity contribution is 0.419. The Morgan fingerprint density at radius 2 is 1.88 bits per heavy atom. The average Bonchev–Trinajstić information content (AvgIpc) is 2.60. The van der Waals surface area contributed by atoms with Gasteiger partial charge >= 0.3 is 0 Å². The van der Waals surface area contributed by atoms with Gasteiger partial charge in [0.1, 0.15) is 17.1 Å². The van der Waals surface area contributed by atoms with Crippen LogP contribution in [0.1, 0.15) is 18.1 Å². The number of anilines is 1. The van der Waals surface area contributed by atoms with Crippen LogP contribution in [-0.2, 0) is 13.0 Å². The third kappa shape index (κ3) is 2.47. The van der Waals surface area contributed by atoms with E-state index in [1.165, 1.54) is 11.1 Å². The van der Waals surface area contributed by atoms with Crippen molar-refractivity contribution in [2.45, 2.75) is 25.9 Å². The van der Waals surface area contributed by atoms with Gasteiger partial charge in [-0.05, 0) is 48.2 Å². The Morgan fingerprint density at radius 3 is 2.67 bits per heavy atom. The van der Waals surface area contributed by atoms with Gasteiger partial charge in [0.25, 0.3) is 0 Å². The topological polar surface area (TPSA) is 38.2 Å². The van der Waals surface area contributed by atoms with Gasteiger partial charge in [-0.3, -0.25) is 0 Å². The van der Waals surface area contributed by atoms with Gasteiger partial charge in [0.15, 0.2) is 0 Å². The Kier molecular flexibility index (Phi) is 3.77. The van der Waals surface area contributed by atoms with E-state index in [9.17, 15) is 0 Å². The molecule has 24 heavy (non-hydrogen) atoms. The summed E-state index contributed by atoms with van der Waals surface area (Å²) in [5, 5.41) is 1.21. The number of nitrogens with zero attached hydrogens (tertiary/aromatic N) is 3. The molecule has 0 radical (unpaired) electrons. The Morgan fingerprint density at radius 1 is 1.08 bits per heavy atom. The van der Waals surface area contributed by atoms with Gasteiger partial charge in [0, 0.05) is 18.0 Å². The third-order valence-electron chi connectivity index (χ3n) is 4.64. The van der Waals surface area contributed by atoms with Crippen molar-refractivity contribution in [2.75, 3.05) is 12.0 Å². The van der Waals surface area contributed by atoms with Crippen LogP contribution in [0.2, 0.25) is 5.28 Å². The van der Waals surface area contributed by atoms with Gasteiger partial charge in [-0.2, -0.15) is 4.98 Å². The molecule has 1 aliphatic rings. The zero-order valence-electron chi connectivity index (χ0n) is 13.7. The minimum Gasteiger partial charge on any atom is -0.494 e. The number of para-hydroxylation sites is 1. The van der Waals surface area contributed by atoms with E-state index in [0.29, 0.717) is 11.8 Å². The molecule has 0 bridgehead atoms. The number of fused-ring (bicyclic) bond motifs is 2. The summed E-state index contributed by atoms with van der Waals surface area (Å²) in [6.07, 6.45) is 0.989. The van der Waals surface area contributed by atoms with E-state index in [1.54, 1.807) is 7.11 Å². The summed E-state index contributed by atoms with van der Waals surface area (Å²) in [5.74, 6) is 1.58. The van der Waals surface area contributed by atoms with E-state index in [0.717, 1.165) is 29.7 Å². The Hall–Kier alpha value is -2.33. The average molecular weight is 340 g/mol. The van der Waals surface area contributed by atoms with Crippen molar-refractivity contribution in [1.29, 1.82) is 0 Å². The largest absolute Gasteiger partial charge is 0.494 e. The lowest BCUT2D eigenvalue weighted by atomic mass is 9.94. The van der Waals surface area contributed by atoms with E-state index in [4.69, 9.17) is 16.3 Å². The third-order valence-corrected chi connectivity index (χ3v) is 4.81. The smallest absolute Gasteiger partial charge is 0.225 e. The SMILES string of the molecule is COc1cccc2c(N3Cc4ccccc4CC3C)nc(Cl)nc12. The van der Waals surface area contributed by atoms with Crippen molar-refractivity contribution in [3.63, 3.8) is 0 Å². The number of hydrogen-bond donors (Lipinski definition) is 0. The van der Waals surface area contributed by atoms with E-state index < -0.39 is 0 Å². The first kappa shape index (κ1) is 15.2. The van der Waals surface area contributed by atoms with Gasteiger partial charge in [-0.15, -0.1) is 0 Å². The second-order valence-electron chi connectivity index (χ2n) is 6.12. The number of aromatic nitrogens is 2. The van der Waals surface area contributed by atoms with Crippen molar-refractivity contribution in [3.8, 4) is 5.75 Å². The fourth-order valence-corrected chi connectivity index (χ4v) is 3.59. The van der Waals surface area contributed by atoms with E-state index >= 15 is 0 Å². The van der Waals surface area contributed by atoms with E-state index in [-0.39, 0.29) is 5.28 Å². The lowest BCUT2D eigenvalue weighted by Crippen LogP contribution is -2.39. The number of ether oxygens (including phenoxy) is 1. The second-order valence-corrected chi connectivity index (χ2v) is 6.46. The highest BCUT2D eigenvalue weighted by molar-refractivity contribution is 6.29. The summed E-state index contributed by atoms with van der Waals surface area (Å²) in [6.45, 7) is 3.04. The fraction of sp³-hybridized carbons (Fsp3) is 0.263. The van der Waals surface area contributed by atoms with Crippen LogP contribution < -0.4 is 9.64 Å². The molecule has 0 saturated heterocycles. The van der Waals surface area contributed by atoms with Crippen LogP contribution in [0.5, 0.6) is 5.75 Å². The molecule has 5 heteroatoms. The Balaban J connectivity index is 1.88. The molecule has 1 atom stereocenters. The summed E-state index contributed by atoms with van der Waals surface area (Å²) in [5.41, 5.74) is 3.49. The van der Waals surface area contributed by atoms with Gasteiger partial charge in [-0.1, -0.05) is 30.3 Å². The zero-order valence-corrected chi connectivity index (χ0v) is 14.4. The number of hydrogen-bond acceptors (Lipinski definition) is 4. The molecule has 122 valence electrons. The van der Waals surface area contributed by atoms with Crippen LogP contribution >= 0.6 is 11.6 Å². The van der Waals surface area contributed by atoms with Crippen LogP contribution in [-0.4, -0.2) is 23.1 Å². The Labute approximate surface area is 146 Å². The second kappa shape index (κ2) is 5.95. The van der Waals surface area contributed by atoms with Crippen molar-refractivity contribution in [2.24, 2.45) is 0 Å². The Bertz CT molecular complexity index is 912. The van der Waals surface area contributed by atoms with Crippen LogP contribution in [0.4, 0.5) is 5.82 Å². The molecule has 3 aromatic rings. The summed E-state index contributed by atoms with van der Waals surface area (Å²) in [6, 6.07) is 14.8. The van der Waals surface area contributed by atoms with E-state index in [2.05, 4.69) is 46.1 Å². The molecule has 2 aromatic carbocycles. The van der Waals surface area contributed by atoms with Crippen LogP contribution in [0.3, 0.4) is 0 Å². The van der Waals surface area contributed by atoms with Crippen LogP contribution in [0, 0.1) is 0 Å². The standard InChI is InChI=1S/C19H18ClN3O/c1-12-10-13-6-3-4-7-14(13)11-23(12)18-15-8-5-9-16(24-2)17(15)21-19(20)22-18/h3-9,12H,10-11H2,1-2H3. The molecule has 1 aliphatic heterocycles. The molecule has 2 heterocycles. The molecular formula is C19H18ClN3O. The monoisotopic (exact) mass is 339 g/mol. The van der Waals surface area contributed by atoms with Crippen molar-refractivity contribution in [1.82, 2.24) is 9.97 Å². The number of halogens is 1. The van der Waals surface area contributed by atoms with E-state index in [1.807, 2.05) is 18.2 Å². The number of rotatable bonds is 2. The molecule has 0 saturated carbocycles. The van der Waals surface area contributed by atoms with Gasteiger partial charge < -0.3 is 9.64 Å². The summed E-state index contributed by atoms with van der Waals surface area (Å²) < 4.78 is 5.44. The molecule has 1 unspecified atom stereocenters. The normalized spacial score (nSPS) is 17.0. The van der Waals surface area contributed by atoms with Crippen molar-refractivity contribution < 1.29 is 4.74 Å². The highest BCUT2D eigenvalue weighted by Crippen LogP contribution is 2.35. The summed E-state index contributed by atoms with van der Waals surface area (Å²) in [4.78, 5) is 11.2. The molecule has 0 amide bonds. The molecule has 0 spiro atoms. The lowest BCUT2D eigenvalue weighted by Gasteiger charge is -2.36. The molecule has 0 fully saturated rings. The highest BCUT2D eigenvalue weighted by atomic mass is 35.5. The molecular weight excluding hydrogens is 322 g/mol. The van der Waals surface area contributed by atoms with Crippen LogP contribution in [0.25, 0.3) is 10.9 Å². The first-order valence-electron chi connectivity index (χ1n) is 8.01. The molecule has 4 nitrogen and oxygen atoms in total. The highest BCUT2D eigenvalue weighted by Gasteiger charge is 2.26. The summed E-state index contributed by atoms with van der Waals surface area (Å²) in [7, 11) is 1.64. The first-order chi connectivity index (χ1) is 11.7. The van der Waals surface area contributed by atoms with Crippen LogP contribution in [0.15, 0.2) is 42.5 Å². The van der Waals surface area contributed by atoms with Gasteiger partial charge in [-0.25, -0.2) is 4.98 Å². The maximum Gasteiger partial charge on any atom is 0.225 e. The molecule has 0 aliphatic carbocycles. The summed E-state index contributed by atoms with van der Waals surface area (Å²) >= 11 is 6.22. The first-order valence-corrected chi connectivity index (χ1v) is 8.39. The number of methoxy groups -OCH3 is 1. The minimum absolute atomic E-state index is 0.244. The predicted octanol–water partition coefficient (Wildman–Crippen LogP) is 4.24. The zero-order chi connectivity index (χ0) is 16.7. The molecule has 1 aromatic heterocycles. The van der Waals surface area contributed by atoms with Crippen molar-refractivity contribution >= 4 is 28.3 Å². The molecule has 4 rings (SSSR count). The quantitative estimate of drug-likeness (QED) is 0.654. The van der Waals surface area contributed by atoms with Gasteiger partial charge in [0.2, 0.25) is 5.28 Å². The van der Waals surface area contributed by atoms with Gasteiger partial charge in [0.05, 0.1) is 7.11 Å². The minimum atomic E-state index is 0.244. The maximum atomic E-state index is 6.22.